The molecular weight excluding hydrogens is 420 g/mol. The molecule has 3 aromatic rings. The third-order valence-electron chi connectivity index (χ3n) is 3.75. The zero-order chi connectivity index (χ0) is 18.7. The van der Waals surface area contributed by atoms with E-state index in [1.807, 2.05) is 18.2 Å². The number of nitrogens with one attached hydrogen (secondary N) is 1. The van der Waals surface area contributed by atoms with E-state index >= 15 is 0 Å². The number of ether oxygens (including phenoxy) is 3. The monoisotopic (exact) mass is 436 g/mol. The number of aromatic nitrogens is 1. The van der Waals surface area contributed by atoms with Crippen molar-refractivity contribution >= 4 is 48.5 Å². The van der Waals surface area contributed by atoms with Gasteiger partial charge in [-0.05, 0) is 29.8 Å². The Balaban J connectivity index is 1.79. The van der Waals surface area contributed by atoms with Crippen LogP contribution < -0.4 is 19.5 Å². The van der Waals surface area contributed by atoms with Gasteiger partial charge in [-0.1, -0.05) is 33.3 Å². The summed E-state index contributed by atoms with van der Waals surface area (Å²) >= 11 is 4.87. The number of nitrogens with zero attached hydrogens (tertiary/aromatic N) is 1. The first kappa shape index (κ1) is 18.5. The molecule has 0 saturated heterocycles. The summed E-state index contributed by atoms with van der Waals surface area (Å²) in [5.74, 6) is 1.68. The standard InChI is InChI=1S/C18H17BrN2O4S/c1-23-12-5-4-6-15-17(12)21-18(26-15)20-16(22)8-10-7-13(24-2)14(25-3)9-11(10)19/h4-7,9H,8H2,1-3H3,(H,20,21,22). The number of carbonyl (C=O) groups is 1. The number of amides is 1. The fraction of sp³-hybridized carbons (Fsp3) is 0.222. The van der Waals surface area contributed by atoms with Gasteiger partial charge in [0.2, 0.25) is 5.91 Å². The van der Waals surface area contributed by atoms with Gasteiger partial charge in [0.05, 0.1) is 32.5 Å². The van der Waals surface area contributed by atoms with Crippen molar-refractivity contribution in [3.8, 4) is 17.2 Å². The summed E-state index contributed by atoms with van der Waals surface area (Å²) < 4.78 is 17.6. The molecule has 0 atom stereocenters. The van der Waals surface area contributed by atoms with Crippen LogP contribution in [0.2, 0.25) is 0 Å². The second-order valence-corrected chi connectivity index (χ2v) is 7.23. The maximum atomic E-state index is 12.5. The fourth-order valence-electron chi connectivity index (χ4n) is 2.51. The van der Waals surface area contributed by atoms with Crippen LogP contribution in [-0.2, 0) is 11.2 Å². The molecule has 1 amide bonds. The van der Waals surface area contributed by atoms with Crippen LogP contribution in [0.15, 0.2) is 34.8 Å². The van der Waals surface area contributed by atoms with Gasteiger partial charge in [0.1, 0.15) is 11.3 Å². The molecule has 2 aromatic carbocycles. The number of halogens is 1. The minimum atomic E-state index is -0.170. The highest BCUT2D eigenvalue weighted by Gasteiger charge is 2.15. The van der Waals surface area contributed by atoms with E-state index in [4.69, 9.17) is 14.2 Å². The highest BCUT2D eigenvalue weighted by molar-refractivity contribution is 9.10. The van der Waals surface area contributed by atoms with E-state index in [-0.39, 0.29) is 12.3 Å². The molecule has 3 rings (SSSR count). The number of rotatable bonds is 6. The number of hydrogen-bond donors (Lipinski definition) is 1. The molecule has 0 radical (unpaired) electrons. The van der Waals surface area contributed by atoms with Crippen molar-refractivity contribution in [3.63, 3.8) is 0 Å². The first-order valence-corrected chi connectivity index (χ1v) is 9.30. The molecule has 0 aliphatic rings. The van der Waals surface area contributed by atoms with Crippen LogP contribution in [0.4, 0.5) is 5.13 Å². The van der Waals surface area contributed by atoms with Gasteiger partial charge in [-0.3, -0.25) is 4.79 Å². The maximum absolute atomic E-state index is 12.5. The molecule has 1 N–H and O–H groups in total. The molecule has 0 saturated carbocycles. The fourth-order valence-corrected chi connectivity index (χ4v) is 3.87. The van der Waals surface area contributed by atoms with Crippen molar-refractivity contribution in [2.45, 2.75) is 6.42 Å². The molecule has 136 valence electrons. The largest absolute Gasteiger partial charge is 0.494 e. The SMILES string of the molecule is COc1cc(Br)c(CC(=O)Nc2nc3c(OC)cccc3s2)cc1OC. The average Bonchev–Trinajstić information content (AvgIpc) is 3.05. The quantitative estimate of drug-likeness (QED) is 0.624. The van der Waals surface area contributed by atoms with Crippen molar-refractivity contribution in [2.24, 2.45) is 0 Å². The number of anilines is 1. The van der Waals surface area contributed by atoms with Crippen LogP contribution in [0.3, 0.4) is 0 Å². The van der Waals surface area contributed by atoms with Gasteiger partial charge in [-0.2, -0.15) is 0 Å². The molecule has 0 aliphatic carbocycles. The van der Waals surface area contributed by atoms with Crippen molar-refractivity contribution in [2.75, 3.05) is 26.6 Å². The molecule has 8 heteroatoms. The Morgan fingerprint density at radius 2 is 1.81 bits per heavy atom. The van der Waals surface area contributed by atoms with Crippen molar-refractivity contribution in [1.82, 2.24) is 4.98 Å². The summed E-state index contributed by atoms with van der Waals surface area (Å²) in [6, 6.07) is 9.24. The zero-order valence-corrected chi connectivity index (χ0v) is 16.9. The zero-order valence-electron chi connectivity index (χ0n) is 14.5. The highest BCUT2D eigenvalue weighted by atomic mass is 79.9. The van der Waals surface area contributed by atoms with E-state index in [0.29, 0.717) is 22.4 Å². The molecule has 26 heavy (non-hydrogen) atoms. The normalized spacial score (nSPS) is 10.6. The highest BCUT2D eigenvalue weighted by Crippen LogP contribution is 2.34. The van der Waals surface area contributed by atoms with E-state index < -0.39 is 0 Å². The number of hydrogen-bond acceptors (Lipinski definition) is 6. The summed E-state index contributed by atoms with van der Waals surface area (Å²) in [5.41, 5.74) is 1.53. The Hall–Kier alpha value is -2.32. The Kier molecular flexibility index (Phi) is 5.63. The van der Waals surface area contributed by atoms with Crippen molar-refractivity contribution < 1.29 is 19.0 Å². The summed E-state index contributed by atoms with van der Waals surface area (Å²) in [6.07, 6.45) is 0.175. The predicted molar refractivity (Wildman–Crippen MR) is 106 cm³/mol. The molecule has 1 heterocycles. The number of thiazole rings is 1. The second-order valence-electron chi connectivity index (χ2n) is 5.35. The van der Waals surface area contributed by atoms with E-state index in [1.165, 1.54) is 11.3 Å². The first-order chi connectivity index (χ1) is 12.5. The average molecular weight is 437 g/mol. The molecular formula is C18H17BrN2O4S. The third-order valence-corrected chi connectivity index (χ3v) is 5.43. The topological polar surface area (TPSA) is 69.7 Å². The van der Waals surface area contributed by atoms with E-state index in [9.17, 15) is 4.79 Å². The van der Waals surface area contributed by atoms with Crippen LogP contribution in [0.25, 0.3) is 10.2 Å². The molecule has 0 bridgehead atoms. The lowest BCUT2D eigenvalue weighted by molar-refractivity contribution is -0.115. The van der Waals surface area contributed by atoms with Crippen LogP contribution in [0.5, 0.6) is 17.2 Å². The molecule has 0 unspecified atom stereocenters. The summed E-state index contributed by atoms with van der Waals surface area (Å²) in [5, 5.41) is 3.38. The van der Waals surface area contributed by atoms with Crippen LogP contribution in [0.1, 0.15) is 5.56 Å². The van der Waals surface area contributed by atoms with Crippen LogP contribution in [0, 0.1) is 0 Å². The van der Waals surface area contributed by atoms with Crippen LogP contribution >= 0.6 is 27.3 Å². The number of para-hydroxylation sites is 1. The minimum Gasteiger partial charge on any atom is -0.494 e. The van der Waals surface area contributed by atoms with E-state index in [0.717, 1.165) is 20.3 Å². The van der Waals surface area contributed by atoms with E-state index in [1.54, 1.807) is 33.5 Å². The maximum Gasteiger partial charge on any atom is 0.230 e. The lowest BCUT2D eigenvalue weighted by Crippen LogP contribution is -2.14. The van der Waals surface area contributed by atoms with E-state index in [2.05, 4.69) is 26.2 Å². The summed E-state index contributed by atoms with van der Waals surface area (Å²) in [6.45, 7) is 0. The first-order valence-electron chi connectivity index (χ1n) is 7.69. The third kappa shape index (κ3) is 3.76. The Bertz CT molecular complexity index is 958. The molecule has 6 nitrogen and oxygen atoms in total. The van der Waals surface area contributed by atoms with Gasteiger partial charge in [-0.15, -0.1) is 0 Å². The van der Waals surface area contributed by atoms with Crippen molar-refractivity contribution in [3.05, 3.63) is 40.4 Å². The number of benzene rings is 2. The van der Waals surface area contributed by atoms with Gasteiger partial charge in [0, 0.05) is 4.47 Å². The van der Waals surface area contributed by atoms with Crippen LogP contribution in [-0.4, -0.2) is 32.2 Å². The number of fused-ring (bicyclic) bond motifs is 1. The Morgan fingerprint density at radius 1 is 1.12 bits per heavy atom. The van der Waals surface area contributed by atoms with Gasteiger partial charge in [0.25, 0.3) is 0 Å². The smallest absolute Gasteiger partial charge is 0.230 e. The van der Waals surface area contributed by atoms with Gasteiger partial charge in [0.15, 0.2) is 16.6 Å². The number of carbonyl (C=O) groups excluding carboxylic acids is 1. The summed E-state index contributed by atoms with van der Waals surface area (Å²) in [7, 11) is 4.73. The lowest BCUT2D eigenvalue weighted by atomic mass is 10.1. The van der Waals surface area contributed by atoms with Gasteiger partial charge < -0.3 is 19.5 Å². The number of methoxy groups -OCH3 is 3. The molecule has 0 fully saturated rings. The second kappa shape index (κ2) is 7.92. The molecule has 1 aromatic heterocycles. The Morgan fingerprint density at radius 3 is 2.50 bits per heavy atom. The minimum absolute atomic E-state index is 0.170. The van der Waals surface area contributed by atoms with Crippen molar-refractivity contribution in [1.29, 1.82) is 0 Å². The predicted octanol–water partition coefficient (Wildman–Crippen LogP) is 4.27. The van der Waals surface area contributed by atoms with Gasteiger partial charge in [-0.25, -0.2) is 4.98 Å². The molecule has 0 aliphatic heterocycles. The summed E-state index contributed by atoms with van der Waals surface area (Å²) in [4.78, 5) is 16.9. The van der Waals surface area contributed by atoms with Gasteiger partial charge >= 0.3 is 0 Å². The Labute approximate surface area is 163 Å². The lowest BCUT2D eigenvalue weighted by Gasteiger charge is -2.11. The molecule has 0 spiro atoms.